The zero-order chi connectivity index (χ0) is 14.7. The summed E-state index contributed by atoms with van der Waals surface area (Å²) >= 11 is 1.88. The van der Waals surface area contributed by atoms with Crippen molar-refractivity contribution in [2.75, 3.05) is 16.8 Å². The molecule has 0 aliphatic heterocycles. The van der Waals surface area contributed by atoms with E-state index < -0.39 is 4.92 Å². The second kappa shape index (κ2) is 6.25. The van der Waals surface area contributed by atoms with Crippen LogP contribution in [-0.4, -0.2) is 31.9 Å². The largest absolute Gasteiger partial charge is 0.368 e. The number of aryl methyl sites for hydroxylation is 1. The molecular weight excluding hydrogens is 278 g/mol. The van der Waals surface area contributed by atoms with Crippen molar-refractivity contribution in [1.29, 1.82) is 0 Å². The van der Waals surface area contributed by atoms with Crippen LogP contribution < -0.4 is 11.1 Å². The highest BCUT2D eigenvalue weighted by molar-refractivity contribution is 7.99. The van der Waals surface area contributed by atoms with E-state index in [0.717, 1.165) is 25.0 Å². The number of hydrogen-bond acceptors (Lipinski definition) is 7. The smallest absolute Gasteiger partial charge is 0.332 e. The highest BCUT2D eigenvalue weighted by atomic mass is 32.2. The zero-order valence-electron chi connectivity index (χ0n) is 11.6. The number of aromatic nitrogens is 2. The van der Waals surface area contributed by atoms with Crippen LogP contribution in [0.5, 0.6) is 0 Å². The minimum absolute atomic E-state index is 0.0632. The van der Waals surface area contributed by atoms with Gasteiger partial charge in [0, 0.05) is 11.3 Å². The summed E-state index contributed by atoms with van der Waals surface area (Å²) in [5, 5.41) is 14.9. The molecule has 8 heteroatoms. The molecule has 2 atom stereocenters. The Morgan fingerprint density at radius 3 is 2.90 bits per heavy atom. The van der Waals surface area contributed by atoms with Crippen molar-refractivity contribution in [2.24, 2.45) is 0 Å². The fraction of sp³-hybridized carbons (Fsp3) is 0.667. The van der Waals surface area contributed by atoms with Gasteiger partial charge in [-0.05, 0) is 25.5 Å². The second-order valence-electron chi connectivity index (χ2n) is 4.80. The molecule has 1 heterocycles. The van der Waals surface area contributed by atoms with Crippen LogP contribution in [0.1, 0.15) is 31.9 Å². The van der Waals surface area contributed by atoms with Gasteiger partial charge in [-0.2, -0.15) is 16.7 Å². The number of nitrogens with one attached hydrogen (secondary N) is 1. The Bertz CT molecular complexity index is 511. The van der Waals surface area contributed by atoms with E-state index >= 15 is 0 Å². The number of nitrogens with two attached hydrogens (primary N) is 1. The van der Waals surface area contributed by atoms with Gasteiger partial charge in [-0.3, -0.25) is 10.1 Å². The van der Waals surface area contributed by atoms with Gasteiger partial charge in [0.25, 0.3) is 0 Å². The fourth-order valence-corrected chi connectivity index (χ4v) is 3.79. The lowest BCUT2D eigenvalue weighted by molar-refractivity contribution is -0.385. The van der Waals surface area contributed by atoms with Gasteiger partial charge in [-0.25, -0.2) is 4.98 Å². The molecule has 2 unspecified atom stereocenters. The average Bonchev–Trinajstić information content (AvgIpc) is 2.75. The summed E-state index contributed by atoms with van der Waals surface area (Å²) in [6.45, 7) is 3.70. The minimum atomic E-state index is -0.450. The average molecular weight is 297 g/mol. The summed E-state index contributed by atoms with van der Waals surface area (Å²) in [5.74, 6) is 1.34. The third kappa shape index (κ3) is 3.12. The SMILES string of the molecule is CCSC1CCCC1Nc1nc(N)nc(C)c1[N+](=O)[O-]. The summed E-state index contributed by atoms with van der Waals surface area (Å²) in [4.78, 5) is 18.6. The van der Waals surface area contributed by atoms with Gasteiger partial charge in [-0.15, -0.1) is 0 Å². The van der Waals surface area contributed by atoms with Crippen molar-refractivity contribution in [3.8, 4) is 0 Å². The molecule has 3 N–H and O–H groups in total. The monoisotopic (exact) mass is 297 g/mol. The molecule has 0 spiro atoms. The Labute approximate surface area is 121 Å². The predicted octanol–water partition coefficient (Wildman–Crippen LogP) is 2.36. The van der Waals surface area contributed by atoms with Gasteiger partial charge in [0.1, 0.15) is 5.69 Å². The summed E-state index contributed by atoms with van der Waals surface area (Å²) in [6.07, 6.45) is 3.25. The molecule has 0 bridgehead atoms. The van der Waals surface area contributed by atoms with Crippen LogP contribution >= 0.6 is 11.8 Å². The maximum atomic E-state index is 11.2. The van der Waals surface area contributed by atoms with Crippen molar-refractivity contribution in [2.45, 2.75) is 44.4 Å². The van der Waals surface area contributed by atoms with E-state index in [4.69, 9.17) is 5.73 Å². The van der Waals surface area contributed by atoms with Gasteiger partial charge in [0.2, 0.25) is 11.8 Å². The maximum Gasteiger partial charge on any atom is 0.332 e. The highest BCUT2D eigenvalue weighted by Crippen LogP contribution is 2.34. The molecule has 1 aliphatic rings. The maximum absolute atomic E-state index is 11.2. The molecule has 7 nitrogen and oxygen atoms in total. The van der Waals surface area contributed by atoms with Crippen molar-refractivity contribution in [3.05, 3.63) is 15.8 Å². The van der Waals surface area contributed by atoms with Crippen LogP contribution in [0.25, 0.3) is 0 Å². The summed E-state index contributed by atoms with van der Waals surface area (Å²) < 4.78 is 0. The molecule has 1 saturated carbocycles. The molecule has 0 radical (unpaired) electrons. The van der Waals surface area contributed by atoms with Crippen LogP contribution in [0.15, 0.2) is 0 Å². The van der Waals surface area contributed by atoms with E-state index in [1.165, 1.54) is 0 Å². The number of hydrogen-bond donors (Lipinski definition) is 2. The Hall–Kier alpha value is -1.57. The minimum Gasteiger partial charge on any atom is -0.368 e. The molecule has 110 valence electrons. The van der Waals surface area contributed by atoms with Gasteiger partial charge in [0.05, 0.1) is 4.92 Å². The number of anilines is 2. The predicted molar refractivity (Wildman–Crippen MR) is 81.0 cm³/mol. The van der Waals surface area contributed by atoms with Crippen molar-refractivity contribution >= 4 is 29.2 Å². The number of rotatable bonds is 5. The number of nitrogen functional groups attached to an aromatic ring is 1. The van der Waals surface area contributed by atoms with Gasteiger partial charge >= 0.3 is 5.69 Å². The van der Waals surface area contributed by atoms with E-state index in [1.54, 1.807) is 6.92 Å². The van der Waals surface area contributed by atoms with Crippen LogP contribution in [0.3, 0.4) is 0 Å². The van der Waals surface area contributed by atoms with E-state index in [0.29, 0.717) is 10.9 Å². The molecule has 0 amide bonds. The molecule has 20 heavy (non-hydrogen) atoms. The third-order valence-electron chi connectivity index (χ3n) is 3.41. The topological polar surface area (TPSA) is 107 Å². The van der Waals surface area contributed by atoms with Crippen LogP contribution in [0, 0.1) is 17.0 Å². The first kappa shape index (κ1) is 14.8. The van der Waals surface area contributed by atoms with Crippen LogP contribution in [-0.2, 0) is 0 Å². The van der Waals surface area contributed by atoms with E-state index in [-0.39, 0.29) is 23.5 Å². The standard InChI is InChI=1S/C12H19N5O2S/c1-3-20-9-6-4-5-8(9)15-11-10(17(18)19)7(2)14-12(13)16-11/h8-9H,3-6H2,1-2H3,(H3,13,14,15,16). The Morgan fingerprint density at radius 1 is 1.50 bits per heavy atom. The van der Waals surface area contributed by atoms with E-state index in [2.05, 4.69) is 22.2 Å². The lowest BCUT2D eigenvalue weighted by atomic mass is 10.2. The van der Waals surface area contributed by atoms with Crippen molar-refractivity contribution < 1.29 is 4.92 Å². The molecule has 2 rings (SSSR count). The zero-order valence-corrected chi connectivity index (χ0v) is 12.4. The fourth-order valence-electron chi connectivity index (χ4n) is 2.59. The summed E-state index contributed by atoms with van der Waals surface area (Å²) in [5.41, 5.74) is 5.82. The molecular formula is C12H19N5O2S. The van der Waals surface area contributed by atoms with Crippen molar-refractivity contribution in [3.63, 3.8) is 0 Å². The number of nitro groups is 1. The molecule has 0 aromatic carbocycles. The Balaban J connectivity index is 2.26. The summed E-state index contributed by atoms with van der Waals surface area (Å²) in [6, 6.07) is 0.201. The van der Waals surface area contributed by atoms with Crippen LogP contribution in [0.2, 0.25) is 0 Å². The molecule has 1 aliphatic carbocycles. The number of thioether (sulfide) groups is 1. The van der Waals surface area contributed by atoms with Crippen molar-refractivity contribution in [1.82, 2.24) is 9.97 Å². The molecule has 0 saturated heterocycles. The van der Waals surface area contributed by atoms with Gasteiger partial charge in [0.15, 0.2) is 0 Å². The van der Waals surface area contributed by atoms with Crippen LogP contribution in [0.4, 0.5) is 17.5 Å². The third-order valence-corrected chi connectivity index (χ3v) is 4.74. The lowest BCUT2D eigenvalue weighted by Crippen LogP contribution is -2.27. The highest BCUT2D eigenvalue weighted by Gasteiger charge is 2.30. The normalized spacial score (nSPS) is 21.9. The molecule has 1 fully saturated rings. The van der Waals surface area contributed by atoms with Gasteiger partial charge in [-0.1, -0.05) is 13.3 Å². The quantitative estimate of drug-likeness (QED) is 0.634. The summed E-state index contributed by atoms with van der Waals surface area (Å²) in [7, 11) is 0. The Morgan fingerprint density at radius 2 is 2.25 bits per heavy atom. The molecule has 1 aromatic rings. The first-order valence-corrected chi connectivity index (χ1v) is 7.74. The lowest BCUT2D eigenvalue weighted by Gasteiger charge is -2.20. The van der Waals surface area contributed by atoms with E-state index in [1.807, 2.05) is 11.8 Å². The number of nitrogens with zero attached hydrogens (tertiary/aromatic N) is 3. The Kier molecular flexibility index (Phi) is 4.64. The first-order valence-electron chi connectivity index (χ1n) is 6.69. The first-order chi connectivity index (χ1) is 9.52. The van der Waals surface area contributed by atoms with E-state index in [9.17, 15) is 10.1 Å². The second-order valence-corrected chi connectivity index (χ2v) is 6.31. The van der Waals surface area contributed by atoms with Gasteiger partial charge < -0.3 is 11.1 Å². The molecule has 1 aromatic heterocycles.